The number of carbonyl (C=O) groups excluding carboxylic acids is 2. The lowest BCUT2D eigenvalue weighted by atomic mass is 9.95. The lowest BCUT2D eigenvalue weighted by Crippen LogP contribution is -2.40. The van der Waals surface area contributed by atoms with Gasteiger partial charge in [-0.15, -0.1) is 0 Å². The Morgan fingerprint density at radius 2 is 1.79 bits per heavy atom. The number of nitrogens with one attached hydrogen (secondary N) is 3. The molecule has 3 atom stereocenters. The highest BCUT2D eigenvalue weighted by molar-refractivity contribution is 5.96. The van der Waals surface area contributed by atoms with Crippen LogP contribution in [0, 0.1) is 12.8 Å². The van der Waals surface area contributed by atoms with Gasteiger partial charge < -0.3 is 30.2 Å². The minimum absolute atomic E-state index is 0.0998. The highest BCUT2D eigenvalue weighted by Crippen LogP contribution is 2.50. The van der Waals surface area contributed by atoms with Crippen LogP contribution < -0.4 is 35.6 Å². The van der Waals surface area contributed by atoms with Crippen molar-refractivity contribution in [2.75, 3.05) is 32.0 Å². The highest BCUT2D eigenvalue weighted by atomic mass is 16.5. The second-order valence-electron chi connectivity index (χ2n) is 10.8. The number of hydrogen-bond donors (Lipinski definition) is 3. The van der Waals surface area contributed by atoms with Crippen molar-refractivity contribution in [2.24, 2.45) is 5.92 Å². The number of pyridine rings is 1. The van der Waals surface area contributed by atoms with Crippen LogP contribution in [0.3, 0.4) is 0 Å². The molecule has 43 heavy (non-hydrogen) atoms. The fraction of sp³-hybridized carbons (Fsp3) is 0.394. The first-order valence-corrected chi connectivity index (χ1v) is 14.4. The number of nitrogens with zero attached hydrogens (tertiary/aromatic N) is 1. The lowest BCUT2D eigenvalue weighted by molar-refractivity contribution is -0.120. The van der Waals surface area contributed by atoms with Gasteiger partial charge in [-0.1, -0.05) is 32.4 Å². The second kappa shape index (κ2) is 13.6. The van der Waals surface area contributed by atoms with Crippen molar-refractivity contribution in [1.82, 2.24) is 10.3 Å². The Balaban J connectivity index is 1.86. The molecule has 1 heterocycles. The molecule has 10 nitrogen and oxygen atoms in total. The van der Waals surface area contributed by atoms with E-state index in [4.69, 9.17) is 14.2 Å². The normalized spacial score (nSPS) is 15.1. The second-order valence-corrected chi connectivity index (χ2v) is 10.8. The molecule has 4 rings (SSSR count). The first-order valence-electron chi connectivity index (χ1n) is 14.4. The predicted octanol–water partition coefficient (Wildman–Crippen LogP) is 5.03. The Bertz CT molecular complexity index is 1570. The number of aryl methyl sites for hydroxylation is 2. The van der Waals surface area contributed by atoms with Gasteiger partial charge in [-0.2, -0.15) is 0 Å². The Labute approximate surface area is 252 Å². The van der Waals surface area contributed by atoms with Gasteiger partial charge in [0, 0.05) is 18.2 Å². The first-order chi connectivity index (χ1) is 20.6. The monoisotopic (exact) mass is 588 g/mol. The number of methoxy groups -OCH3 is 3. The Morgan fingerprint density at radius 1 is 1.05 bits per heavy atom. The van der Waals surface area contributed by atoms with Crippen LogP contribution in [0.1, 0.15) is 56.5 Å². The van der Waals surface area contributed by atoms with E-state index in [0.29, 0.717) is 53.5 Å². The third-order valence-corrected chi connectivity index (χ3v) is 7.86. The molecule has 2 aromatic carbocycles. The van der Waals surface area contributed by atoms with Gasteiger partial charge in [0.15, 0.2) is 11.5 Å². The van der Waals surface area contributed by atoms with Crippen molar-refractivity contribution in [3.05, 3.63) is 69.5 Å². The van der Waals surface area contributed by atoms with Gasteiger partial charge in [0.1, 0.15) is 11.9 Å². The van der Waals surface area contributed by atoms with Crippen LogP contribution in [-0.4, -0.2) is 44.2 Å². The smallest absolute Gasteiger partial charge is 0.248 e. The Morgan fingerprint density at radius 3 is 2.42 bits per heavy atom. The van der Waals surface area contributed by atoms with E-state index < -0.39 is 12.1 Å². The van der Waals surface area contributed by atoms with Gasteiger partial charge in [0.25, 0.3) is 0 Å². The zero-order chi connectivity index (χ0) is 31.3. The van der Waals surface area contributed by atoms with Crippen molar-refractivity contribution in [2.45, 2.75) is 59.0 Å². The fourth-order valence-corrected chi connectivity index (χ4v) is 5.51. The molecule has 3 N–H and O–H groups in total. The van der Waals surface area contributed by atoms with Crippen LogP contribution in [0.5, 0.6) is 17.2 Å². The number of rotatable bonds is 10. The number of benzene rings is 1. The van der Waals surface area contributed by atoms with Gasteiger partial charge in [-0.05, 0) is 72.7 Å². The van der Waals surface area contributed by atoms with Crippen LogP contribution in [0.2, 0.25) is 0 Å². The van der Waals surface area contributed by atoms with E-state index in [0.717, 1.165) is 16.8 Å². The van der Waals surface area contributed by atoms with E-state index in [1.54, 1.807) is 33.5 Å². The summed E-state index contributed by atoms with van der Waals surface area (Å²) in [7, 11) is 4.66. The van der Waals surface area contributed by atoms with Crippen molar-refractivity contribution in [1.29, 1.82) is 0 Å². The minimum Gasteiger partial charge on any atom is -0.493 e. The predicted molar refractivity (Wildman–Crippen MR) is 167 cm³/mol. The number of hydrogen-bond acceptors (Lipinski definition) is 8. The van der Waals surface area contributed by atoms with Crippen LogP contribution in [0.15, 0.2) is 47.3 Å². The largest absolute Gasteiger partial charge is 0.493 e. The highest BCUT2D eigenvalue weighted by Gasteiger charge is 2.30. The molecular formula is C33H40N4O6. The molecule has 228 valence electrons. The van der Waals surface area contributed by atoms with Crippen molar-refractivity contribution in [3.63, 3.8) is 0 Å². The lowest BCUT2D eigenvalue weighted by Gasteiger charge is -2.24. The molecule has 0 fully saturated rings. The van der Waals surface area contributed by atoms with Gasteiger partial charge >= 0.3 is 0 Å². The Hall–Kier alpha value is -4.60. The van der Waals surface area contributed by atoms with E-state index in [1.165, 1.54) is 13.0 Å². The molecule has 0 saturated carbocycles. The third kappa shape index (κ3) is 6.74. The molecular weight excluding hydrogens is 548 g/mol. The number of fused-ring (bicyclic) bond motifs is 3. The quantitative estimate of drug-likeness (QED) is 0.301. The molecule has 0 bridgehead atoms. The average Bonchev–Trinajstić information content (AvgIpc) is 3.22. The number of carbonyl (C=O) groups is 2. The summed E-state index contributed by atoms with van der Waals surface area (Å²) < 4.78 is 17.1. The van der Waals surface area contributed by atoms with Gasteiger partial charge in [-0.25, -0.2) is 4.98 Å². The number of anilines is 2. The van der Waals surface area contributed by atoms with E-state index in [2.05, 4.69) is 20.9 Å². The van der Waals surface area contributed by atoms with Crippen molar-refractivity contribution < 1.29 is 23.8 Å². The van der Waals surface area contributed by atoms with Crippen LogP contribution in [0.4, 0.5) is 11.5 Å². The van der Waals surface area contributed by atoms with Crippen LogP contribution in [0.25, 0.3) is 11.1 Å². The average molecular weight is 589 g/mol. The summed E-state index contributed by atoms with van der Waals surface area (Å²) in [6.45, 7) is 7.25. The standard InChI is InChI=1S/C33H40N4O6/c1-8-18(2)30(33(40)37-28-11-9-10-19(3)34-28)36-25-15-13-22-23(17-26(25)39)24(35-20(4)38)14-12-21-16-27(41-5)31(42-6)32(43-7)29(21)22/h9-11,13,15-18,24,30H,8,12,14H2,1-7H3,(H,35,38)(H,36,39)(H,34,37,40). The summed E-state index contributed by atoms with van der Waals surface area (Å²) in [5.74, 6) is 1.27. The van der Waals surface area contributed by atoms with E-state index >= 15 is 0 Å². The third-order valence-electron chi connectivity index (χ3n) is 7.86. The molecule has 0 aliphatic heterocycles. The summed E-state index contributed by atoms with van der Waals surface area (Å²) in [6.07, 6.45) is 1.84. The maximum atomic E-state index is 13.8. The number of amides is 2. The summed E-state index contributed by atoms with van der Waals surface area (Å²) in [5.41, 5.74) is 3.77. The number of aromatic nitrogens is 1. The topological polar surface area (TPSA) is 128 Å². The molecule has 3 unspecified atom stereocenters. The zero-order valence-corrected chi connectivity index (χ0v) is 25.8. The maximum absolute atomic E-state index is 13.8. The van der Waals surface area contributed by atoms with Crippen molar-refractivity contribution in [3.8, 4) is 28.4 Å². The van der Waals surface area contributed by atoms with Crippen molar-refractivity contribution >= 4 is 23.3 Å². The summed E-state index contributed by atoms with van der Waals surface area (Å²) in [5, 5.41) is 9.12. The number of ether oxygens (including phenoxy) is 3. The van der Waals surface area contributed by atoms with Gasteiger partial charge in [0.2, 0.25) is 23.0 Å². The molecule has 10 heteroatoms. The molecule has 0 radical (unpaired) electrons. The van der Waals surface area contributed by atoms with Crippen LogP contribution in [-0.2, 0) is 16.0 Å². The molecule has 0 spiro atoms. The van der Waals surface area contributed by atoms with E-state index in [1.807, 2.05) is 45.0 Å². The fourth-order valence-electron chi connectivity index (χ4n) is 5.51. The van der Waals surface area contributed by atoms with E-state index in [9.17, 15) is 14.4 Å². The Kier molecular flexibility index (Phi) is 9.90. The summed E-state index contributed by atoms with van der Waals surface area (Å²) in [6, 6.07) is 11.2. The van der Waals surface area contributed by atoms with E-state index in [-0.39, 0.29) is 28.8 Å². The minimum atomic E-state index is -0.709. The SMILES string of the molecule is CCC(C)C(Nc1ccc2c(cc1=O)C(NC(C)=O)CCc1cc(OC)c(OC)c(OC)c1-2)C(=O)Nc1cccc(C)n1. The molecule has 3 aromatic rings. The molecule has 2 amide bonds. The van der Waals surface area contributed by atoms with Gasteiger partial charge in [-0.3, -0.25) is 14.4 Å². The summed E-state index contributed by atoms with van der Waals surface area (Å²) in [4.78, 5) is 43.9. The molecule has 1 aliphatic rings. The van der Waals surface area contributed by atoms with Crippen LogP contribution >= 0.6 is 0 Å². The zero-order valence-electron chi connectivity index (χ0n) is 25.8. The molecule has 1 aliphatic carbocycles. The first kappa shape index (κ1) is 31.3. The summed E-state index contributed by atoms with van der Waals surface area (Å²) >= 11 is 0. The molecule has 0 saturated heterocycles. The molecule has 1 aromatic heterocycles. The van der Waals surface area contributed by atoms with Gasteiger partial charge in [0.05, 0.1) is 33.1 Å². The maximum Gasteiger partial charge on any atom is 0.248 e.